The van der Waals surface area contributed by atoms with Gasteiger partial charge < -0.3 is 5.11 Å². The number of carbonyl (C=O) groups is 1. The number of carboxylic acids is 1. The summed E-state index contributed by atoms with van der Waals surface area (Å²) in [5.41, 5.74) is -0.718. The average Bonchev–Trinajstić information content (AvgIpc) is 3.11. The van der Waals surface area contributed by atoms with Gasteiger partial charge in [0.2, 0.25) is 0 Å². The van der Waals surface area contributed by atoms with Crippen LogP contribution in [0.4, 0.5) is 0 Å². The Morgan fingerprint density at radius 1 is 1.37 bits per heavy atom. The van der Waals surface area contributed by atoms with Gasteiger partial charge in [0.05, 0.1) is 0 Å². The largest absolute Gasteiger partial charge is 0.480 e. The minimum atomic E-state index is -0.718. The lowest BCUT2D eigenvalue weighted by molar-refractivity contribution is -0.144. The zero-order valence-electron chi connectivity index (χ0n) is 12.6. The number of hydrogen-bond acceptors (Lipinski definition) is 3. The maximum Gasteiger partial charge on any atom is 0.323 e. The van der Waals surface area contributed by atoms with Crippen LogP contribution in [0.3, 0.4) is 0 Å². The van der Waals surface area contributed by atoms with Crippen LogP contribution < -0.4 is 5.32 Å². The lowest BCUT2D eigenvalue weighted by Crippen LogP contribution is -2.50. The molecule has 0 aromatic rings. The fraction of sp³-hybridized carbons (Fsp3) is 0.933. The SMILES string of the molecule is CC(C)CCSCCCCC(C)(NC1CC1)C(=O)O. The van der Waals surface area contributed by atoms with Gasteiger partial charge in [-0.15, -0.1) is 0 Å². The predicted molar refractivity (Wildman–Crippen MR) is 82.8 cm³/mol. The third-order valence-corrected chi connectivity index (χ3v) is 4.73. The summed E-state index contributed by atoms with van der Waals surface area (Å²) in [5.74, 6) is 2.47. The van der Waals surface area contributed by atoms with Gasteiger partial charge in [0, 0.05) is 6.04 Å². The molecule has 1 saturated carbocycles. The van der Waals surface area contributed by atoms with Crippen molar-refractivity contribution in [3.8, 4) is 0 Å². The van der Waals surface area contributed by atoms with E-state index in [0.29, 0.717) is 6.04 Å². The second-order valence-electron chi connectivity index (χ2n) is 6.31. The maximum atomic E-state index is 11.4. The first-order valence-corrected chi connectivity index (χ1v) is 8.68. The molecule has 0 saturated heterocycles. The van der Waals surface area contributed by atoms with Crippen molar-refractivity contribution in [1.29, 1.82) is 0 Å². The lowest BCUT2D eigenvalue weighted by Gasteiger charge is -2.26. The van der Waals surface area contributed by atoms with E-state index in [1.165, 1.54) is 12.2 Å². The topological polar surface area (TPSA) is 49.3 Å². The molecule has 0 heterocycles. The normalized spacial score (nSPS) is 18.5. The minimum absolute atomic E-state index is 0.446. The first-order chi connectivity index (χ1) is 8.94. The molecule has 1 rings (SSSR count). The number of hydrogen-bond donors (Lipinski definition) is 2. The molecule has 1 aliphatic carbocycles. The van der Waals surface area contributed by atoms with Gasteiger partial charge in [0.1, 0.15) is 5.54 Å². The summed E-state index contributed by atoms with van der Waals surface area (Å²) in [7, 11) is 0. The third-order valence-electron chi connectivity index (χ3n) is 3.63. The van der Waals surface area contributed by atoms with Crippen molar-refractivity contribution < 1.29 is 9.90 Å². The number of carboxylic acid groups (broad SMARTS) is 1. The standard InChI is InChI=1S/C15H29NO2S/c1-12(2)8-11-19-10-5-4-9-15(3,14(17)18)16-13-6-7-13/h12-13,16H,4-11H2,1-3H3,(H,17,18). The van der Waals surface area contributed by atoms with E-state index in [0.717, 1.165) is 43.8 Å². The molecule has 2 N–H and O–H groups in total. The predicted octanol–water partition coefficient (Wildman–Crippen LogP) is 3.53. The highest BCUT2D eigenvalue weighted by Crippen LogP contribution is 2.25. The van der Waals surface area contributed by atoms with Crippen molar-refractivity contribution >= 4 is 17.7 Å². The molecule has 0 bridgehead atoms. The van der Waals surface area contributed by atoms with E-state index in [4.69, 9.17) is 0 Å². The Kier molecular flexibility index (Phi) is 7.22. The monoisotopic (exact) mass is 287 g/mol. The van der Waals surface area contributed by atoms with Gasteiger partial charge >= 0.3 is 5.97 Å². The van der Waals surface area contributed by atoms with Gasteiger partial charge in [0.25, 0.3) is 0 Å². The number of unbranched alkanes of at least 4 members (excludes halogenated alkanes) is 1. The fourth-order valence-electron chi connectivity index (χ4n) is 2.02. The number of rotatable bonds is 11. The average molecular weight is 287 g/mol. The molecule has 0 aromatic heterocycles. The molecule has 3 nitrogen and oxygen atoms in total. The molecule has 0 spiro atoms. The van der Waals surface area contributed by atoms with Crippen molar-refractivity contribution in [2.75, 3.05) is 11.5 Å². The van der Waals surface area contributed by atoms with Crippen molar-refractivity contribution in [2.45, 2.75) is 70.9 Å². The zero-order chi connectivity index (χ0) is 14.3. The smallest absolute Gasteiger partial charge is 0.323 e. The van der Waals surface area contributed by atoms with Gasteiger partial charge in [-0.05, 0) is 56.5 Å². The van der Waals surface area contributed by atoms with E-state index in [9.17, 15) is 9.90 Å². The van der Waals surface area contributed by atoms with Crippen LogP contribution in [0.5, 0.6) is 0 Å². The molecule has 0 radical (unpaired) electrons. The minimum Gasteiger partial charge on any atom is -0.480 e. The quantitative estimate of drug-likeness (QED) is 0.571. The Morgan fingerprint density at radius 2 is 2.05 bits per heavy atom. The van der Waals surface area contributed by atoms with Crippen LogP contribution in [-0.2, 0) is 4.79 Å². The summed E-state index contributed by atoms with van der Waals surface area (Å²) in [6.45, 7) is 6.34. The van der Waals surface area contributed by atoms with E-state index in [1.807, 2.05) is 18.7 Å². The maximum absolute atomic E-state index is 11.4. The molecule has 1 fully saturated rings. The number of nitrogens with one attached hydrogen (secondary N) is 1. The molecule has 0 aromatic carbocycles. The van der Waals surface area contributed by atoms with Crippen LogP contribution in [0, 0.1) is 5.92 Å². The summed E-state index contributed by atoms with van der Waals surface area (Å²) in [5, 5.41) is 12.6. The number of thioether (sulfide) groups is 1. The molecule has 1 aliphatic rings. The van der Waals surface area contributed by atoms with Crippen LogP contribution in [0.2, 0.25) is 0 Å². The molecule has 0 amide bonds. The second kappa shape index (κ2) is 8.15. The van der Waals surface area contributed by atoms with Crippen molar-refractivity contribution in [2.24, 2.45) is 5.92 Å². The number of aliphatic carboxylic acids is 1. The van der Waals surface area contributed by atoms with Gasteiger partial charge in [-0.1, -0.05) is 20.3 Å². The fourth-order valence-corrected chi connectivity index (χ4v) is 3.27. The van der Waals surface area contributed by atoms with E-state index < -0.39 is 11.5 Å². The Labute approximate surface area is 121 Å². The Balaban J connectivity index is 2.09. The van der Waals surface area contributed by atoms with E-state index in [-0.39, 0.29) is 0 Å². The van der Waals surface area contributed by atoms with Crippen LogP contribution >= 0.6 is 11.8 Å². The molecule has 4 heteroatoms. The Morgan fingerprint density at radius 3 is 2.58 bits per heavy atom. The van der Waals surface area contributed by atoms with Gasteiger partial charge in [-0.25, -0.2) is 0 Å². The molecular weight excluding hydrogens is 258 g/mol. The van der Waals surface area contributed by atoms with Gasteiger partial charge in [-0.3, -0.25) is 10.1 Å². The first kappa shape index (κ1) is 16.8. The van der Waals surface area contributed by atoms with E-state index >= 15 is 0 Å². The summed E-state index contributed by atoms with van der Waals surface area (Å²) < 4.78 is 0. The van der Waals surface area contributed by atoms with Crippen molar-refractivity contribution in [3.63, 3.8) is 0 Å². The molecule has 112 valence electrons. The van der Waals surface area contributed by atoms with Gasteiger partial charge in [-0.2, -0.15) is 11.8 Å². The van der Waals surface area contributed by atoms with Gasteiger partial charge in [0.15, 0.2) is 0 Å². The van der Waals surface area contributed by atoms with E-state index in [1.54, 1.807) is 0 Å². The van der Waals surface area contributed by atoms with E-state index in [2.05, 4.69) is 19.2 Å². The Hall–Kier alpha value is -0.220. The molecular formula is C15H29NO2S. The third kappa shape index (κ3) is 7.21. The Bertz CT molecular complexity index is 279. The molecule has 0 aliphatic heterocycles. The highest BCUT2D eigenvalue weighted by atomic mass is 32.2. The van der Waals surface area contributed by atoms with Crippen LogP contribution in [-0.4, -0.2) is 34.2 Å². The summed E-state index contributed by atoms with van der Waals surface area (Å²) >= 11 is 2.00. The highest BCUT2D eigenvalue weighted by Gasteiger charge is 2.37. The first-order valence-electron chi connectivity index (χ1n) is 7.53. The highest BCUT2D eigenvalue weighted by molar-refractivity contribution is 7.99. The molecule has 1 atom stereocenters. The second-order valence-corrected chi connectivity index (χ2v) is 7.53. The van der Waals surface area contributed by atoms with Crippen LogP contribution in [0.1, 0.15) is 59.3 Å². The molecule has 19 heavy (non-hydrogen) atoms. The van der Waals surface area contributed by atoms with Crippen molar-refractivity contribution in [1.82, 2.24) is 5.32 Å². The van der Waals surface area contributed by atoms with Crippen LogP contribution in [0.25, 0.3) is 0 Å². The summed E-state index contributed by atoms with van der Waals surface area (Å²) in [6.07, 6.45) is 6.40. The zero-order valence-corrected chi connectivity index (χ0v) is 13.4. The van der Waals surface area contributed by atoms with Crippen LogP contribution in [0.15, 0.2) is 0 Å². The summed E-state index contributed by atoms with van der Waals surface area (Å²) in [4.78, 5) is 11.4. The molecule has 1 unspecified atom stereocenters. The lowest BCUT2D eigenvalue weighted by atomic mass is 9.95. The van der Waals surface area contributed by atoms with Crippen molar-refractivity contribution in [3.05, 3.63) is 0 Å². The summed E-state index contributed by atoms with van der Waals surface area (Å²) in [6, 6.07) is 0.446.